The van der Waals surface area contributed by atoms with Gasteiger partial charge < -0.3 is 20.5 Å². The molecule has 2 heterocycles. The highest BCUT2D eigenvalue weighted by molar-refractivity contribution is 5.74. The van der Waals surface area contributed by atoms with E-state index in [1.54, 1.807) is 11.2 Å². The van der Waals surface area contributed by atoms with Crippen LogP contribution in [0.2, 0.25) is 0 Å². The molecule has 1 saturated heterocycles. The summed E-state index contributed by atoms with van der Waals surface area (Å²) < 4.78 is 1.91. The second-order valence-electron chi connectivity index (χ2n) is 6.73. The molecule has 1 aromatic heterocycles. The number of carbonyl (C=O) groups is 1. The smallest absolute Gasteiger partial charge is 0.317 e. The molecule has 0 spiro atoms. The van der Waals surface area contributed by atoms with E-state index in [1.165, 1.54) is 11.1 Å². The van der Waals surface area contributed by atoms with Crippen molar-refractivity contribution in [3.8, 4) is 0 Å². The van der Waals surface area contributed by atoms with Crippen LogP contribution in [-0.2, 0) is 13.6 Å². The third-order valence-corrected chi connectivity index (χ3v) is 4.69. The quantitative estimate of drug-likeness (QED) is 0.900. The Morgan fingerprint density at radius 1 is 1.38 bits per heavy atom. The number of aryl methyl sites for hydroxylation is 3. The van der Waals surface area contributed by atoms with Gasteiger partial charge in [0, 0.05) is 44.8 Å². The van der Waals surface area contributed by atoms with Gasteiger partial charge in [-0.2, -0.15) is 0 Å². The van der Waals surface area contributed by atoms with E-state index in [0.29, 0.717) is 19.6 Å². The lowest BCUT2D eigenvalue weighted by Crippen LogP contribution is -2.39. The topological polar surface area (TPSA) is 76.2 Å². The van der Waals surface area contributed by atoms with Crippen LogP contribution in [0.3, 0.4) is 0 Å². The van der Waals surface area contributed by atoms with Gasteiger partial charge >= 0.3 is 6.03 Å². The molecule has 3 rings (SSSR count). The summed E-state index contributed by atoms with van der Waals surface area (Å²) in [5.41, 5.74) is 10.7. The fourth-order valence-electron chi connectivity index (χ4n) is 3.26. The van der Waals surface area contributed by atoms with Crippen molar-refractivity contribution in [3.63, 3.8) is 0 Å². The van der Waals surface area contributed by atoms with Crippen molar-refractivity contribution >= 4 is 6.03 Å². The van der Waals surface area contributed by atoms with E-state index in [0.717, 1.165) is 11.3 Å². The molecule has 0 radical (unpaired) electrons. The highest BCUT2D eigenvalue weighted by Crippen LogP contribution is 2.25. The fraction of sp³-hybridized carbons (Fsp3) is 0.444. The number of urea groups is 1. The van der Waals surface area contributed by atoms with Gasteiger partial charge in [-0.05, 0) is 25.0 Å². The number of nitrogens with one attached hydrogen (secondary N) is 1. The molecule has 1 fully saturated rings. The number of rotatable bonds is 3. The van der Waals surface area contributed by atoms with E-state index in [1.807, 2.05) is 17.8 Å². The van der Waals surface area contributed by atoms with E-state index < -0.39 is 0 Å². The van der Waals surface area contributed by atoms with Gasteiger partial charge in [0.15, 0.2) is 0 Å². The first-order valence-electron chi connectivity index (χ1n) is 8.26. The number of amides is 2. The summed E-state index contributed by atoms with van der Waals surface area (Å²) in [5.74, 6) is 0.0954. The minimum absolute atomic E-state index is 0.0659. The molecule has 1 aliphatic rings. The standard InChI is InChI=1S/C18H25N5O/c1-12-4-5-14(13(2)6-12)7-20-18(24)23-8-15(16(19)9-23)17-10-22(3)11-21-17/h4-6,10-11,15-16H,7-9,19H2,1-3H3,(H,20,24)/t15-,16-/m1/s1. The largest absolute Gasteiger partial charge is 0.340 e. The number of nitrogens with zero attached hydrogens (tertiary/aromatic N) is 3. The zero-order valence-corrected chi connectivity index (χ0v) is 14.5. The van der Waals surface area contributed by atoms with E-state index >= 15 is 0 Å². The van der Waals surface area contributed by atoms with Gasteiger partial charge in [-0.15, -0.1) is 0 Å². The molecule has 0 saturated carbocycles. The van der Waals surface area contributed by atoms with E-state index in [-0.39, 0.29) is 18.0 Å². The number of aromatic nitrogens is 2. The van der Waals surface area contributed by atoms with Crippen molar-refractivity contribution in [1.29, 1.82) is 0 Å². The first kappa shape index (κ1) is 16.5. The summed E-state index contributed by atoms with van der Waals surface area (Å²) in [4.78, 5) is 18.6. The van der Waals surface area contributed by atoms with Gasteiger partial charge in [0.25, 0.3) is 0 Å². The summed E-state index contributed by atoms with van der Waals surface area (Å²) >= 11 is 0. The predicted molar refractivity (Wildman–Crippen MR) is 93.6 cm³/mol. The summed E-state index contributed by atoms with van der Waals surface area (Å²) in [6.45, 7) is 5.83. The molecule has 2 atom stereocenters. The van der Waals surface area contributed by atoms with Crippen LogP contribution >= 0.6 is 0 Å². The number of hydrogen-bond donors (Lipinski definition) is 2. The molecule has 128 valence electrons. The molecule has 6 nitrogen and oxygen atoms in total. The summed E-state index contributed by atoms with van der Waals surface area (Å²) in [7, 11) is 1.94. The molecule has 0 aliphatic carbocycles. The molecule has 6 heteroatoms. The molecular formula is C18H25N5O. The van der Waals surface area contributed by atoms with Gasteiger partial charge in [-0.1, -0.05) is 23.8 Å². The van der Waals surface area contributed by atoms with Gasteiger partial charge in [-0.3, -0.25) is 0 Å². The minimum atomic E-state index is -0.0771. The van der Waals surface area contributed by atoms with E-state index in [2.05, 4.69) is 42.3 Å². The third-order valence-electron chi connectivity index (χ3n) is 4.69. The Balaban J connectivity index is 1.60. The SMILES string of the molecule is Cc1ccc(CNC(=O)N2C[C@@H](N)[C@H](c3cn(C)cn3)C2)c(C)c1. The van der Waals surface area contributed by atoms with E-state index in [9.17, 15) is 4.79 Å². The Bertz CT molecular complexity index is 739. The van der Waals surface area contributed by atoms with Crippen LogP contribution in [0.15, 0.2) is 30.7 Å². The molecule has 24 heavy (non-hydrogen) atoms. The number of hydrogen-bond acceptors (Lipinski definition) is 3. The van der Waals surface area contributed by atoms with Gasteiger partial charge in [0.05, 0.1) is 12.0 Å². The number of nitrogens with two attached hydrogens (primary N) is 1. The number of carbonyl (C=O) groups excluding carboxylic acids is 1. The molecule has 2 amide bonds. The first-order valence-corrected chi connectivity index (χ1v) is 8.26. The van der Waals surface area contributed by atoms with Crippen molar-refractivity contribution in [3.05, 3.63) is 53.1 Å². The molecule has 3 N–H and O–H groups in total. The highest BCUT2D eigenvalue weighted by atomic mass is 16.2. The lowest BCUT2D eigenvalue weighted by molar-refractivity contribution is 0.207. The summed E-state index contributed by atoms with van der Waals surface area (Å²) in [5, 5.41) is 3.00. The van der Waals surface area contributed by atoms with Crippen LogP contribution in [0.1, 0.15) is 28.3 Å². The van der Waals surface area contributed by atoms with Crippen molar-refractivity contribution < 1.29 is 4.79 Å². The number of imidazole rings is 1. The molecule has 2 aromatic rings. The lowest BCUT2D eigenvalue weighted by Gasteiger charge is -2.17. The summed E-state index contributed by atoms with van der Waals surface area (Å²) in [6, 6.07) is 6.12. The Hall–Kier alpha value is -2.34. The van der Waals surface area contributed by atoms with Crippen molar-refractivity contribution in [2.45, 2.75) is 32.4 Å². The average molecular weight is 327 g/mol. The number of benzene rings is 1. The van der Waals surface area contributed by atoms with Gasteiger partial charge in [0.1, 0.15) is 0 Å². The van der Waals surface area contributed by atoms with Crippen LogP contribution < -0.4 is 11.1 Å². The average Bonchev–Trinajstić information content (AvgIpc) is 3.12. The maximum atomic E-state index is 12.5. The van der Waals surface area contributed by atoms with Crippen LogP contribution in [0.25, 0.3) is 0 Å². The zero-order chi connectivity index (χ0) is 17.3. The lowest BCUT2D eigenvalue weighted by atomic mass is 10.0. The van der Waals surface area contributed by atoms with Crippen LogP contribution in [-0.4, -0.2) is 39.6 Å². The molecule has 0 unspecified atom stereocenters. The monoisotopic (exact) mass is 327 g/mol. The highest BCUT2D eigenvalue weighted by Gasteiger charge is 2.35. The van der Waals surface area contributed by atoms with Crippen LogP contribution in [0.5, 0.6) is 0 Å². The van der Waals surface area contributed by atoms with Gasteiger partial charge in [-0.25, -0.2) is 9.78 Å². The molecule has 1 aliphatic heterocycles. The zero-order valence-electron chi connectivity index (χ0n) is 14.5. The Kier molecular flexibility index (Phi) is 4.57. The molecule has 0 bridgehead atoms. The first-order chi connectivity index (χ1) is 11.4. The predicted octanol–water partition coefficient (Wildman–Crippen LogP) is 1.67. The Morgan fingerprint density at radius 2 is 2.17 bits per heavy atom. The van der Waals surface area contributed by atoms with E-state index in [4.69, 9.17) is 5.73 Å². The van der Waals surface area contributed by atoms with Crippen molar-refractivity contribution in [1.82, 2.24) is 19.8 Å². The fourth-order valence-corrected chi connectivity index (χ4v) is 3.26. The van der Waals surface area contributed by atoms with Crippen LogP contribution in [0.4, 0.5) is 4.79 Å². The minimum Gasteiger partial charge on any atom is -0.340 e. The normalized spacial score (nSPS) is 20.4. The maximum Gasteiger partial charge on any atom is 0.317 e. The molecular weight excluding hydrogens is 302 g/mol. The van der Waals surface area contributed by atoms with Crippen molar-refractivity contribution in [2.75, 3.05) is 13.1 Å². The maximum absolute atomic E-state index is 12.5. The van der Waals surface area contributed by atoms with Gasteiger partial charge in [0.2, 0.25) is 0 Å². The second-order valence-corrected chi connectivity index (χ2v) is 6.73. The van der Waals surface area contributed by atoms with Crippen molar-refractivity contribution in [2.24, 2.45) is 12.8 Å². The third kappa shape index (κ3) is 3.43. The summed E-state index contributed by atoms with van der Waals surface area (Å²) in [6.07, 6.45) is 3.74. The Labute approximate surface area is 142 Å². The Morgan fingerprint density at radius 3 is 2.83 bits per heavy atom. The second kappa shape index (κ2) is 6.65. The number of likely N-dealkylation sites (tertiary alicyclic amines) is 1. The molecule has 1 aromatic carbocycles. The van der Waals surface area contributed by atoms with Crippen LogP contribution in [0, 0.1) is 13.8 Å².